The lowest BCUT2D eigenvalue weighted by molar-refractivity contribution is -0.117. The lowest BCUT2D eigenvalue weighted by Crippen LogP contribution is -2.19. The average Bonchev–Trinajstić information content (AvgIpc) is 3.14. The third-order valence-electron chi connectivity index (χ3n) is 3.92. The summed E-state index contributed by atoms with van der Waals surface area (Å²) in [5, 5.41) is 15.5. The van der Waals surface area contributed by atoms with Gasteiger partial charge in [0, 0.05) is 23.2 Å². The standard InChI is InChI=1S/C17H19N5O2S/c1-10(15-11(2)21-24-12(15)3)16(23)19-13-5-7-14(8-6-13)25-17-20-18-9-22(17)4/h5-10H,1-4H3,(H,19,23). The number of hydrogen-bond donors (Lipinski definition) is 1. The van der Waals surface area contributed by atoms with E-state index in [0.29, 0.717) is 5.76 Å². The number of aryl methyl sites for hydroxylation is 3. The molecule has 3 aromatic rings. The largest absolute Gasteiger partial charge is 0.361 e. The maximum absolute atomic E-state index is 12.5. The Balaban J connectivity index is 1.67. The quantitative estimate of drug-likeness (QED) is 0.754. The van der Waals surface area contributed by atoms with Crippen molar-refractivity contribution in [2.75, 3.05) is 5.32 Å². The van der Waals surface area contributed by atoms with Crippen molar-refractivity contribution < 1.29 is 9.32 Å². The van der Waals surface area contributed by atoms with E-state index in [2.05, 4.69) is 20.7 Å². The highest BCUT2D eigenvalue weighted by Gasteiger charge is 2.22. The molecule has 1 N–H and O–H groups in total. The molecule has 0 aliphatic rings. The monoisotopic (exact) mass is 357 g/mol. The van der Waals surface area contributed by atoms with Crippen LogP contribution in [0.4, 0.5) is 5.69 Å². The third-order valence-corrected chi connectivity index (χ3v) is 4.98. The number of carbonyl (C=O) groups excluding carboxylic acids is 1. The molecule has 3 rings (SSSR count). The molecular weight excluding hydrogens is 338 g/mol. The summed E-state index contributed by atoms with van der Waals surface area (Å²) < 4.78 is 7.00. The maximum Gasteiger partial charge on any atom is 0.231 e. The molecule has 2 heterocycles. The number of nitrogens with zero attached hydrogens (tertiary/aromatic N) is 4. The normalized spacial score (nSPS) is 12.2. The molecule has 0 aliphatic carbocycles. The van der Waals surface area contributed by atoms with Crippen molar-refractivity contribution in [1.29, 1.82) is 0 Å². The molecule has 1 unspecified atom stereocenters. The van der Waals surface area contributed by atoms with E-state index in [1.807, 2.05) is 56.7 Å². The second-order valence-electron chi connectivity index (χ2n) is 5.80. The van der Waals surface area contributed by atoms with Crippen LogP contribution in [0, 0.1) is 13.8 Å². The molecule has 1 amide bonds. The molecule has 7 nitrogen and oxygen atoms in total. The highest BCUT2D eigenvalue weighted by Crippen LogP contribution is 2.28. The zero-order valence-corrected chi connectivity index (χ0v) is 15.3. The smallest absolute Gasteiger partial charge is 0.231 e. The van der Waals surface area contributed by atoms with Crippen LogP contribution >= 0.6 is 11.8 Å². The first-order valence-corrected chi connectivity index (χ1v) is 8.63. The molecule has 0 fully saturated rings. The summed E-state index contributed by atoms with van der Waals surface area (Å²) in [5.41, 5.74) is 2.33. The van der Waals surface area contributed by atoms with Crippen LogP contribution < -0.4 is 5.32 Å². The average molecular weight is 357 g/mol. The van der Waals surface area contributed by atoms with E-state index in [4.69, 9.17) is 4.52 Å². The number of rotatable bonds is 5. The zero-order valence-electron chi connectivity index (χ0n) is 14.5. The van der Waals surface area contributed by atoms with Gasteiger partial charge in [-0.3, -0.25) is 4.79 Å². The van der Waals surface area contributed by atoms with Crippen LogP contribution in [0.2, 0.25) is 0 Å². The summed E-state index contributed by atoms with van der Waals surface area (Å²) >= 11 is 1.51. The second-order valence-corrected chi connectivity index (χ2v) is 6.84. The summed E-state index contributed by atoms with van der Waals surface area (Å²) in [6.07, 6.45) is 1.66. The van der Waals surface area contributed by atoms with Crippen LogP contribution in [0.1, 0.15) is 29.9 Å². The lowest BCUT2D eigenvalue weighted by Gasteiger charge is -2.12. The van der Waals surface area contributed by atoms with Gasteiger partial charge in [0.25, 0.3) is 0 Å². The van der Waals surface area contributed by atoms with Gasteiger partial charge in [-0.15, -0.1) is 10.2 Å². The number of amides is 1. The Labute approximate surface area is 149 Å². The third kappa shape index (κ3) is 3.74. The van der Waals surface area contributed by atoms with Crippen LogP contribution in [0.3, 0.4) is 0 Å². The van der Waals surface area contributed by atoms with E-state index in [1.54, 1.807) is 6.33 Å². The minimum atomic E-state index is -0.334. The van der Waals surface area contributed by atoms with Gasteiger partial charge in [-0.25, -0.2) is 0 Å². The Morgan fingerprint density at radius 3 is 2.56 bits per heavy atom. The summed E-state index contributed by atoms with van der Waals surface area (Å²) in [6.45, 7) is 5.51. The molecule has 0 radical (unpaired) electrons. The van der Waals surface area contributed by atoms with Gasteiger partial charge in [-0.2, -0.15) is 0 Å². The number of nitrogens with one attached hydrogen (secondary N) is 1. The van der Waals surface area contributed by atoms with Gasteiger partial charge in [-0.05, 0) is 56.8 Å². The molecule has 0 saturated carbocycles. The summed E-state index contributed by atoms with van der Waals surface area (Å²) in [7, 11) is 1.90. The van der Waals surface area contributed by atoms with Crippen molar-refractivity contribution in [2.45, 2.75) is 36.7 Å². The van der Waals surface area contributed by atoms with E-state index in [1.165, 1.54) is 11.8 Å². The van der Waals surface area contributed by atoms with E-state index < -0.39 is 0 Å². The van der Waals surface area contributed by atoms with Crippen LogP contribution in [-0.2, 0) is 11.8 Å². The van der Waals surface area contributed by atoms with Gasteiger partial charge in [0.15, 0.2) is 5.16 Å². The molecule has 0 saturated heterocycles. The Hall–Kier alpha value is -2.61. The molecule has 1 aromatic carbocycles. The molecule has 8 heteroatoms. The van der Waals surface area contributed by atoms with Crippen molar-refractivity contribution in [2.24, 2.45) is 7.05 Å². The van der Waals surface area contributed by atoms with E-state index in [-0.39, 0.29) is 11.8 Å². The fraction of sp³-hybridized carbons (Fsp3) is 0.294. The lowest BCUT2D eigenvalue weighted by atomic mass is 9.98. The Morgan fingerprint density at radius 1 is 1.28 bits per heavy atom. The number of carbonyl (C=O) groups is 1. The molecule has 0 bridgehead atoms. The van der Waals surface area contributed by atoms with E-state index in [0.717, 1.165) is 27.0 Å². The van der Waals surface area contributed by atoms with Crippen molar-refractivity contribution in [3.8, 4) is 0 Å². The molecule has 130 valence electrons. The number of hydrogen-bond acceptors (Lipinski definition) is 6. The van der Waals surface area contributed by atoms with Crippen LogP contribution in [-0.4, -0.2) is 25.8 Å². The van der Waals surface area contributed by atoms with Crippen LogP contribution in [0.25, 0.3) is 0 Å². The Morgan fingerprint density at radius 2 is 2.00 bits per heavy atom. The SMILES string of the molecule is Cc1noc(C)c1C(C)C(=O)Nc1ccc(Sc2nncn2C)cc1. The van der Waals surface area contributed by atoms with Crippen LogP contribution in [0.15, 0.2) is 45.2 Å². The van der Waals surface area contributed by atoms with Crippen molar-refractivity contribution >= 4 is 23.4 Å². The van der Waals surface area contributed by atoms with Crippen molar-refractivity contribution in [1.82, 2.24) is 19.9 Å². The van der Waals surface area contributed by atoms with Crippen LogP contribution in [0.5, 0.6) is 0 Å². The number of anilines is 1. The number of benzene rings is 1. The number of aromatic nitrogens is 4. The van der Waals surface area contributed by atoms with Crippen molar-refractivity contribution in [3.05, 3.63) is 47.6 Å². The Bertz CT molecular complexity index is 865. The van der Waals surface area contributed by atoms with Gasteiger partial charge in [0.05, 0.1) is 11.6 Å². The fourth-order valence-corrected chi connectivity index (χ4v) is 3.33. The van der Waals surface area contributed by atoms with E-state index >= 15 is 0 Å². The fourth-order valence-electron chi connectivity index (χ4n) is 2.57. The first-order valence-electron chi connectivity index (χ1n) is 7.81. The summed E-state index contributed by atoms with van der Waals surface area (Å²) in [4.78, 5) is 13.5. The van der Waals surface area contributed by atoms with E-state index in [9.17, 15) is 4.79 Å². The first-order chi connectivity index (χ1) is 12.0. The summed E-state index contributed by atoms with van der Waals surface area (Å²) in [5.74, 6) is 0.248. The predicted octanol–water partition coefficient (Wildman–Crippen LogP) is 3.31. The minimum absolute atomic E-state index is 0.0943. The molecule has 0 aliphatic heterocycles. The van der Waals surface area contributed by atoms with Gasteiger partial charge in [0.1, 0.15) is 12.1 Å². The topological polar surface area (TPSA) is 85.8 Å². The minimum Gasteiger partial charge on any atom is -0.361 e. The van der Waals surface area contributed by atoms with Gasteiger partial charge in [0.2, 0.25) is 5.91 Å². The summed E-state index contributed by atoms with van der Waals surface area (Å²) in [6, 6.07) is 7.62. The Kier molecular flexibility index (Phi) is 4.89. The maximum atomic E-state index is 12.5. The highest BCUT2D eigenvalue weighted by molar-refractivity contribution is 7.99. The highest BCUT2D eigenvalue weighted by atomic mass is 32.2. The first kappa shape index (κ1) is 17.2. The second kappa shape index (κ2) is 7.10. The van der Waals surface area contributed by atoms with Gasteiger partial charge >= 0.3 is 0 Å². The molecule has 2 aromatic heterocycles. The zero-order chi connectivity index (χ0) is 18.0. The molecule has 0 spiro atoms. The van der Waals surface area contributed by atoms with Crippen molar-refractivity contribution in [3.63, 3.8) is 0 Å². The molecule has 1 atom stereocenters. The van der Waals surface area contributed by atoms with Gasteiger partial charge in [-0.1, -0.05) is 5.16 Å². The van der Waals surface area contributed by atoms with Gasteiger partial charge < -0.3 is 14.4 Å². The molecule has 25 heavy (non-hydrogen) atoms. The molecular formula is C17H19N5O2S. The predicted molar refractivity (Wildman–Crippen MR) is 94.6 cm³/mol.